The summed E-state index contributed by atoms with van der Waals surface area (Å²) in [5.74, 6) is 0.614. The number of aldehydes is 1. The van der Waals surface area contributed by atoms with Crippen molar-refractivity contribution < 1.29 is 42.9 Å². The molecule has 3 rings (SSSR count). The third-order valence-electron chi connectivity index (χ3n) is 8.72. The minimum Gasteiger partial charge on any atom is -0.496 e. The van der Waals surface area contributed by atoms with Crippen molar-refractivity contribution in [1.29, 1.82) is 0 Å². The van der Waals surface area contributed by atoms with E-state index < -0.39 is 29.1 Å². The van der Waals surface area contributed by atoms with Gasteiger partial charge in [0.05, 0.1) is 46.0 Å². The lowest BCUT2D eigenvalue weighted by Gasteiger charge is -2.34. The van der Waals surface area contributed by atoms with E-state index in [-0.39, 0.29) is 18.8 Å². The Morgan fingerprint density at radius 3 is 1.89 bits per heavy atom. The third-order valence-corrected chi connectivity index (χ3v) is 9.24. The Bertz CT molecular complexity index is 1620. The van der Waals surface area contributed by atoms with Gasteiger partial charge >= 0.3 is 11.7 Å². The quantitative estimate of drug-likeness (QED) is 0.0818. The van der Waals surface area contributed by atoms with Gasteiger partial charge in [-0.05, 0) is 76.9 Å². The third kappa shape index (κ3) is 13.1. The summed E-state index contributed by atoms with van der Waals surface area (Å²) < 4.78 is 33.4. The molecule has 53 heavy (non-hydrogen) atoms. The van der Waals surface area contributed by atoms with E-state index in [2.05, 4.69) is 25.1 Å². The van der Waals surface area contributed by atoms with Crippen LogP contribution in [0.25, 0.3) is 0 Å². The summed E-state index contributed by atoms with van der Waals surface area (Å²) in [6, 6.07) is 9.54. The Balaban J connectivity index is 0.000000946. The molecule has 300 valence electrons. The summed E-state index contributed by atoms with van der Waals surface area (Å²) in [5.41, 5.74) is 1.14. The van der Waals surface area contributed by atoms with Crippen LogP contribution >= 0.6 is 9.47 Å². The number of methoxy groups -OCH3 is 5. The fourth-order valence-corrected chi connectivity index (χ4v) is 5.07. The minimum atomic E-state index is -1.22. The van der Waals surface area contributed by atoms with Gasteiger partial charge in [0, 0.05) is 35.1 Å². The monoisotopic (exact) mass is 766 g/mol. The van der Waals surface area contributed by atoms with Gasteiger partial charge in [0.1, 0.15) is 17.0 Å². The van der Waals surface area contributed by atoms with E-state index in [1.165, 1.54) is 25.9 Å². The molecule has 0 saturated heterocycles. The Morgan fingerprint density at radius 2 is 1.43 bits per heavy atom. The van der Waals surface area contributed by atoms with Crippen molar-refractivity contribution in [3.63, 3.8) is 0 Å². The smallest absolute Gasteiger partial charge is 0.326 e. The number of ether oxygens (including phenoxy) is 5. The summed E-state index contributed by atoms with van der Waals surface area (Å²) in [5, 5.41) is 16.4. The van der Waals surface area contributed by atoms with Gasteiger partial charge in [0.2, 0.25) is 0 Å². The zero-order chi connectivity index (χ0) is 41.2. The molecule has 0 aliphatic rings. The lowest BCUT2D eigenvalue weighted by atomic mass is 9.94. The number of aryl methyl sites for hydroxylation is 1. The fourth-order valence-electron chi connectivity index (χ4n) is 4.85. The van der Waals surface area contributed by atoms with Gasteiger partial charge in [-0.3, -0.25) is 9.36 Å². The first-order valence-electron chi connectivity index (χ1n) is 17.4. The van der Waals surface area contributed by atoms with Crippen LogP contribution in [0.2, 0.25) is 0 Å². The van der Waals surface area contributed by atoms with Crippen LogP contribution in [-0.2, 0) is 31.7 Å². The second kappa shape index (κ2) is 23.0. The number of amides is 2. The maximum atomic E-state index is 12.3. The molecule has 4 N–H and O–H groups in total. The predicted octanol–water partition coefficient (Wildman–Crippen LogP) is 6.00. The number of nitrogens with one attached hydrogen (secondary N) is 3. The highest BCUT2D eigenvalue weighted by Crippen LogP contribution is 2.33. The van der Waals surface area contributed by atoms with Crippen LogP contribution < -0.4 is 30.5 Å². The summed E-state index contributed by atoms with van der Waals surface area (Å²) >= 11 is 0. The topological polar surface area (TPSA) is 172 Å². The molecular weight excluding hydrogens is 703 g/mol. The van der Waals surface area contributed by atoms with Crippen LogP contribution in [0.3, 0.4) is 0 Å². The van der Waals surface area contributed by atoms with Crippen LogP contribution in [0.1, 0.15) is 88.3 Å². The number of rotatable bonds is 15. The van der Waals surface area contributed by atoms with Crippen molar-refractivity contribution in [2.45, 2.75) is 98.8 Å². The number of carbonyl (C=O) groups is 2. The first-order valence-corrected chi connectivity index (χ1v) is 17.8. The Labute approximate surface area is 317 Å². The lowest BCUT2D eigenvalue weighted by molar-refractivity contribution is -0.207. The second-order valence-corrected chi connectivity index (χ2v) is 12.2. The molecule has 1 heterocycles. The number of nitrogens with zero attached hydrogens (tertiary/aromatic N) is 1. The molecule has 2 amide bonds. The largest absolute Gasteiger partial charge is 0.496 e. The highest BCUT2D eigenvalue weighted by Gasteiger charge is 2.33. The zero-order valence-electron chi connectivity index (χ0n) is 34.2. The second-order valence-electron chi connectivity index (χ2n) is 12.0. The normalized spacial score (nSPS) is 13.5. The first-order chi connectivity index (χ1) is 25.0. The molecule has 0 bridgehead atoms. The summed E-state index contributed by atoms with van der Waals surface area (Å²) in [4.78, 5) is 38.0. The molecule has 0 aliphatic heterocycles. The maximum absolute atomic E-state index is 12.3. The van der Waals surface area contributed by atoms with E-state index in [1.807, 2.05) is 48.5 Å². The molecule has 4 atom stereocenters. The summed E-state index contributed by atoms with van der Waals surface area (Å²) in [7, 11) is 9.81. The Morgan fingerprint density at radius 1 is 0.906 bits per heavy atom. The molecule has 1 aromatic heterocycles. The minimum absolute atomic E-state index is 0.150. The average molecular weight is 767 g/mol. The molecule has 14 nitrogen and oxygen atoms in total. The Kier molecular flexibility index (Phi) is 21.3. The van der Waals surface area contributed by atoms with Crippen molar-refractivity contribution in [2.24, 2.45) is 0 Å². The number of aromatic nitrogens is 2. The number of benzene rings is 2. The van der Waals surface area contributed by atoms with E-state index >= 15 is 0 Å². The van der Waals surface area contributed by atoms with Crippen LogP contribution in [0, 0.1) is 13.8 Å². The fraction of sp³-hybridized carbons (Fsp3) is 0.553. The van der Waals surface area contributed by atoms with Gasteiger partial charge in [-0.1, -0.05) is 39.8 Å². The van der Waals surface area contributed by atoms with Crippen molar-refractivity contribution in [3.05, 3.63) is 75.0 Å². The van der Waals surface area contributed by atoms with Crippen molar-refractivity contribution in [1.82, 2.24) is 20.2 Å². The molecule has 0 aliphatic carbocycles. The SMILES string of the molecule is CC.CC.COc1cc(C(C)(CNC(=O)NC(C)C(C)(OC)OC)OP)ccc1C=O.COc1ccc(C(C)(O)Cn2c(C)c(C)[nH]c2=O)cc1OC. The number of hydrogen-bond donors (Lipinski definition) is 4. The van der Waals surface area contributed by atoms with Crippen molar-refractivity contribution >= 4 is 21.8 Å². The molecule has 0 fully saturated rings. The molecule has 0 spiro atoms. The van der Waals surface area contributed by atoms with E-state index in [0.29, 0.717) is 28.4 Å². The van der Waals surface area contributed by atoms with Gasteiger partial charge in [-0.25, -0.2) is 9.59 Å². The highest BCUT2D eigenvalue weighted by atomic mass is 31.0. The van der Waals surface area contributed by atoms with Crippen LogP contribution in [-0.4, -0.2) is 80.9 Å². The maximum Gasteiger partial charge on any atom is 0.326 e. The standard InChI is InChI=1S/C18H29N2O6P.C16H22N2O4.2C2H6/c1-12(18(3,24-5)25-6)20-16(22)19-11-17(2,26-27)14-8-7-13(10-21)15(9-14)23-4;1-10-11(2)18(15(19)17-10)9-16(3,20)12-6-7-13(21-4)14(8-12)22-5;2*1-2/h7-10,12H,11,27H2,1-6H3,(H2,19,20,22);6-8,20H,9H2,1-5H3,(H,17,19);2*1-2H3. The molecular formula is C38H63N4O10P. The molecule has 2 aromatic carbocycles. The van der Waals surface area contributed by atoms with Gasteiger partial charge in [0.15, 0.2) is 23.6 Å². The van der Waals surface area contributed by atoms with Gasteiger partial charge < -0.3 is 48.9 Å². The predicted molar refractivity (Wildman–Crippen MR) is 211 cm³/mol. The average Bonchev–Trinajstić information content (AvgIpc) is 3.42. The number of H-pyrrole nitrogens is 1. The van der Waals surface area contributed by atoms with Gasteiger partial charge in [-0.15, -0.1) is 0 Å². The van der Waals surface area contributed by atoms with Crippen molar-refractivity contribution in [2.75, 3.05) is 42.1 Å². The van der Waals surface area contributed by atoms with E-state index in [4.69, 9.17) is 28.2 Å². The van der Waals surface area contributed by atoms with E-state index in [0.717, 1.165) is 23.2 Å². The number of urea groups is 1. The summed E-state index contributed by atoms with van der Waals surface area (Å²) in [6.45, 7) is 19.0. The highest BCUT2D eigenvalue weighted by molar-refractivity contribution is 7.09. The van der Waals surface area contributed by atoms with Crippen LogP contribution in [0.15, 0.2) is 41.2 Å². The van der Waals surface area contributed by atoms with Gasteiger partial charge in [-0.2, -0.15) is 0 Å². The molecule has 15 heteroatoms. The van der Waals surface area contributed by atoms with E-state index in [1.54, 1.807) is 71.4 Å². The summed E-state index contributed by atoms with van der Waals surface area (Å²) in [6.07, 6.45) is 0.719. The molecule has 0 radical (unpaired) electrons. The zero-order valence-corrected chi connectivity index (χ0v) is 35.3. The molecule has 4 unspecified atom stereocenters. The lowest BCUT2D eigenvalue weighted by Crippen LogP contribution is -2.55. The number of aromatic amines is 1. The number of imidazole rings is 1. The number of aliphatic hydroxyl groups is 1. The van der Waals surface area contributed by atoms with Crippen LogP contribution in [0.4, 0.5) is 4.79 Å². The van der Waals surface area contributed by atoms with Gasteiger partial charge in [0.25, 0.3) is 0 Å². The van der Waals surface area contributed by atoms with Crippen LogP contribution in [0.5, 0.6) is 17.2 Å². The number of carbonyl (C=O) groups excluding carboxylic acids is 2. The number of hydrogen-bond acceptors (Lipinski definition) is 10. The van der Waals surface area contributed by atoms with Crippen molar-refractivity contribution in [3.8, 4) is 17.2 Å². The Hall–Kier alpha value is -3.94. The molecule has 3 aromatic rings. The molecule has 0 saturated carbocycles. The first kappa shape index (κ1) is 49.1. The van der Waals surface area contributed by atoms with E-state index in [9.17, 15) is 19.5 Å².